The van der Waals surface area contributed by atoms with Crippen molar-refractivity contribution in [2.45, 2.75) is 57.1 Å². The van der Waals surface area contributed by atoms with Crippen molar-refractivity contribution in [2.75, 3.05) is 0 Å². The number of aromatic nitrogens is 2. The van der Waals surface area contributed by atoms with Gasteiger partial charge in [0.05, 0.1) is 0 Å². The Balaban J connectivity index is 0.000000243. The van der Waals surface area contributed by atoms with Gasteiger partial charge in [-0.3, -0.25) is 0 Å². The van der Waals surface area contributed by atoms with E-state index in [9.17, 15) is 0 Å². The van der Waals surface area contributed by atoms with E-state index >= 15 is 0 Å². The SMILES string of the molecule is [2H]C([2H])([2H])c1c[c-]c(-c2cc[c]([Ge]([CH3])([CH3])[CH3])cn2)cc1.[2H]C([2H])([2H])c1cnc(-c2[c-]ccc3c2Oc2ccccc2C3(C)C)cc1C([2H])([2H])[2H].[Ir]. The molecule has 0 unspecified atom stereocenters. The van der Waals surface area contributed by atoms with Gasteiger partial charge in [-0.05, 0) is 31.0 Å². The summed E-state index contributed by atoms with van der Waals surface area (Å²) in [6.45, 7) is -3.06. The Bertz CT molecular complexity index is 1940. The van der Waals surface area contributed by atoms with Gasteiger partial charge >= 0.3 is 110 Å². The van der Waals surface area contributed by atoms with E-state index < -0.39 is 33.8 Å². The molecule has 42 heavy (non-hydrogen) atoms. The van der Waals surface area contributed by atoms with Crippen LogP contribution in [-0.2, 0) is 25.5 Å². The van der Waals surface area contributed by atoms with Gasteiger partial charge in [-0.15, -0.1) is 18.2 Å². The van der Waals surface area contributed by atoms with Crippen molar-refractivity contribution in [1.29, 1.82) is 0 Å². The molecule has 217 valence electrons. The van der Waals surface area contributed by atoms with Gasteiger partial charge in [0, 0.05) is 51.3 Å². The molecule has 1 radical (unpaired) electrons. The van der Waals surface area contributed by atoms with Gasteiger partial charge < -0.3 is 9.72 Å². The van der Waals surface area contributed by atoms with E-state index in [1.807, 2.05) is 42.6 Å². The Kier molecular flexibility index (Phi) is 6.52. The molecule has 0 atom stereocenters. The molecule has 2 aromatic heterocycles. The summed E-state index contributed by atoms with van der Waals surface area (Å²) in [5.74, 6) is 8.24. The summed E-state index contributed by atoms with van der Waals surface area (Å²) < 4.78 is 76.0. The minimum Gasteiger partial charge on any atom is -0.501 e. The molecule has 0 N–H and O–H groups in total. The zero-order chi connectivity index (χ0) is 36.9. The van der Waals surface area contributed by atoms with Crippen LogP contribution in [0.5, 0.6) is 11.5 Å². The Hall–Kier alpha value is -3.05. The molecule has 0 bridgehead atoms. The predicted octanol–water partition coefficient (Wildman–Crippen LogP) is 9.00. The average molecular weight is 801 g/mol. The maximum absolute atomic E-state index is 7.81. The maximum atomic E-state index is 7.81. The molecule has 0 aliphatic carbocycles. The normalized spacial score (nSPS) is 17.0. The molecule has 6 rings (SSSR count). The van der Waals surface area contributed by atoms with E-state index in [0.717, 1.165) is 28.6 Å². The van der Waals surface area contributed by atoms with E-state index in [1.54, 1.807) is 18.2 Å². The molecule has 5 heteroatoms. The molecule has 3 heterocycles. The first kappa shape index (κ1) is 21.6. The number of hydrogen-bond acceptors (Lipinski definition) is 3. The summed E-state index contributed by atoms with van der Waals surface area (Å²) in [6, 6.07) is 27.9. The van der Waals surface area contributed by atoms with Crippen LogP contribution in [0.15, 0.2) is 85.2 Å². The second-order valence-corrected chi connectivity index (χ2v) is 22.3. The standard InChI is InChI=1S/C22H20NO.C15H18GeN.Ir/c1-14-12-19(23-13-15(14)2)16-8-7-10-18-21(16)24-20-11-6-5-9-17(20)22(18,3)4;1-12-5-7-13(8-6-12)15-10-9-14(11-17-15)16(2,3)4;/h5-7,9-13H,1-4H3;5-7,9-11H,1-4H3;/q2*-1;/i1D3,2D3;1D3;. The van der Waals surface area contributed by atoms with Crippen LogP contribution in [0, 0.1) is 32.7 Å². The van der Waals surface area contributed by atoms with Gasteiger partial charge in [-0.1, -0.05) is 54.8 Å². The first-order chi connectivity index (χ1) is 23.1. The van der Waals surface area contributed by atoms with Crippen molar-refractivity contribution in [3.63, 3.8) is 0 Å². The van der Waals surface area contributed by atoms with Gasteiger partial charge in [0.25, 0.3) is 0 Å². The average Bonchev–Trinajstić information content (AvgIpc) is 3.03. The van der Waals surface area contributed by atoms with Crippen LogP contribution in [0.25, 0.3) is 22.5 Å². The van der Waals surface area contributed by atoms with Crippen LogP contribution < -0.4 is 9.13 Å². The van der Waals surface area contributed by atoms with E-state index in [-0.39, 0.29) is 36.6 Å². The smallest absolute Gasteiger partial charge is 0.118 e. The van der Waals surface area contributed by atoms with E-state index in [0.29, 0.717) is 28.3 Å². The molecular formula is C37H38GeIrN2O-2. The Labute approximate surface area is 280 Å². The molecule has 0 saturated carbocycles. The molecule has 1 aliphatic rings. The molecule has 0 saturated heterocycles. The number of ether oxygens (including phenoxy) is 1. The van der Waals surface area contributed by atoms with Crippen LogP contribution >= 0.6 is 0 Å². The minimum atomic E-state index is -2.59. The molecular weight excluding hydrogens is 753 g/mol. The molecule has 0 fully saturated rings. The number of nitrogens with zero attached hydrogens (tertiary/aromatic N) is 2. The van der Waals surface area contributed by atoms with Gasteiger partial charge in [0.1, 0.15) is 5.75 Å². The van der Waals surface area contributed by atoms with Crippen molar-refractivity contribution >= 4 is 17.7 Å². The first-order valence-corrected chi connectivity index (χ1v) is 20.8. The topological polar surface area (TPSA) is 35.0 Å². The number of hydrogen-bond donors (Lipinski definition) is 0. The van der Waals surface area contributed by atoms with Crippen molar-refractivity contribution in [3.8, 4) is 34.0 Å². The zero-order valence-corrected chi connectivity index (χ0v) is 28.7. The fourth-order valence-electron chi connectivity index (χ4n) is 4.77. The van der Waals surface area contributed by atoms with Crippen LogP contribution in [-0.4, -0.2) is 23.2 Å². The largest absolute Gasteiger partial charge is 0.501 e. The van der Waals surface area contributed by atoms with Gasteiger partial charge in [0.2, 0.25) is 0 Å². The Morgan fingerprint density at radius 3 is 2.26 bits per heavy atom. The number of aryl methyl sites for hydroxylation is 3. The van der Waals surface area contributed by atoms with Gasteiger partial charge in [0.15, 0.2) is 0 Å². The number of rotatable bonds is 3. The summed E-state index contributed by atoms with van der Waals surface area (Å²) in [5, 5.41) is 0. The third kappa shape index (κ3) is 6.62. The van der Waals surface area contributed by atoms with Crippen molar-refractivity contribution in [3.05, 3.63) is 125 Å². The molecule has 3 aromatic carbocycles. The van der Waals surface area contributed by atoms with Crippen molar-refractivity contribution in [2.24, 2.45) is 0 Å². The van der Waals surface area contributed by atoms with E-state index in [2.05, 4.69) is 59.3 Å². The second-order valence-electron chi connectivity index (χ2n) is 11.6. The van der Waals surface area contributed by atoms with Crippen molar-refractivity contribution in [1.82, 2.24) is 9.97 Å². The molecule has 5 aromatic rings. The minimum absolute atomic E-state index is 0. The summed E-state index contributed by atoms with van der Waals surface area (Å²) in [4.78, 5) is 8.76. The first-order valence-electron chi connectivity index (χ1n) is 17.9. The fourth-order valence-corrected chi connectivity index (χ4v) is 6.94. The summed E-state index contributed by atoms with van der Waals surface area (Å²) >= 11 is -1.83. The van der Waals surface area contributed by atoms with E-state index in [4.69, 9.17) is 17.1 Å². The quantitative estimate of drug-likeness (QED) is 0.135. The van der Waals surface area contributed by atoms with Gasteiger partial charge in [-0.2, -0.15) is 0 Å². The Morgan fingerprint density at radius 1 is 0.810 bits per heavy atom. The molecule has 3 nitrogen and oxygen atoms in total. The molecule has 0 amide bonds. The molecule has 1 aliphatic heterocycles. The second kappa shape index (κ2) is 12.7. The number of pyridine rings is 2. The van der Waals surface area contributed by atoms with E-state index in [1.165, 1.54) is 16.5 Å². The number of fused-ring (bicyclic) bond motifs is 2. The number of para-hydroxylation sites is 1. The monoisotopic (exact) mass is 802 g/mol. The summed E-state index contributed by atoms with van der Waals surface area (Å²) in [6.07, 6.45) is 3.07. The van der Waals surface area contributed by atoms with Crippen LogP contribution in [0.4, 0.5) is 0 Å². The predicted molar refractivity (Wildman–Crippen MR) is 173 cm³/mol. The van der Waals surface area contributed by atoms with Crippen molar-refractivity contribution < 1.29 is 37.2 Å². The third-order valence-electron chi connectivity index (χ3n) is 7.27. The maximum Gasteiger partial charge on any atom is 0.118 e. The zero-order valence-electron chi connectivity index (χ0n) is 33.2. The fraction of sp³-hybridized carbons (Fsp3) is 0.243. The van der Waals surface area contributed by atoms with Gasteiger partial charge in [-0.25, -0.2) is 0 Å². The summed E-state index contributed by atoms with van der Waals surface area (Å²) in [5.41, 5.74) is 3.87. The van der Waals surface area contributed by atoms with Crippen LogP contribution in [0.1, 0.15) is 54.0 Å². The molecule has 0 spiro atoms. The van der Waals surface area contributed by atoms with Crippen LogP contribution in [0.2, 0.25) is 17.3 Å². The number of benzene rings is 3. The summed E-state index contributed by atoms with van der Waals surface area (Å²) in [7, 11) is 0. The Morgan fingerprint density at radius 2 is 1.60 bits per heavy atom. The third-order valence-corrected chi connectivity index (χ3v) is 11.5. The van der Waals surface area contributed by atoms with Crippen LogP contribution in [0.3, 0.4) is 0 Å².